The summed E-state index contributed by atoms with van der Waals surface area (Å²) >= 11 is 5.63. The Bertz CT molecular complexity index is 753. The largest absolute Gasteiger partial charge is 0.503 e. The summed E-state index contributed by atoms with van der Waals surface area (Å²) in [5.41, 5.74) is -1.09. The Hall–Kier alpha value is -2.61. The Morgan fingerprint density at radius 1 is 1.14 bits per heavy atom. The fourth-order valence-corrected chi connectivity index (χ4v) is 1.63. The number of nitrogens with zero attached hydrogens (tertiary/aromatic N) is 3. The lowest BCUT2D eigenvalue weighted by atomic mass is 10.2. The molecule has 0 saturated heterocycles. The fourth-order valence-electron chi connectivity index (χ4n) is 1.46. The summed E-state index contributed by atoms with van der Waals surface area (Å²) in [4.78, 5) is 10.1. The normalized spacial score (nSPS) is 11.0. The second-order valence-corrected chi connectivity index (χ2v) is 4.28. The molecule has 0 saturated carbocycles. The summed E-state index contributed by atoms with van der Waals surface area (Å²) in [6, 6.07) is 4.83. The maximum Gasteiger partial charge on any atom is 0.298 e. The molecule has 9 heteroatoms. The van der Waals surface area contributed by atoms with Crippen LogP contribution in [0.5, 0.6) is 5.75 Å². The molecule has 0 radical (unpaired) electrons. The maximum atomic E-state index is 13.1. The average molecular weight is 314 g/mol. The minimum atomic E-state index is -1.21. The molecule has 108 valence electrons. The van der Waals surface area contributed by atoms with Crippen LogP contribution < -0.4 is 0 Å². The van der Waals surface area contributed by atoms with Crippen LogP contribution in [0.3, 0.4) is 0 Å². The van der Waals surface area contributed by atoms with Gasteiger partial charge in [-0.1, -0.05) is 11.6 Å². The number of aromatic hydroxyl groups is 1. The molecular formula is C12H6ClF2N3O3. The van der Waals surface area contributed by atoms with Crippen molar-refractivity contribution in [3.05, 3.63) is 57.1 Å². The van der Waals surface area contributed by atoms with E-state index in [-0.39, 0.29) is 10.7 Å². The van der Waals surface area contributed by atoms with Crippen molar-refractivity contribution in [1.82, 2.24) is 0 Å². The third kappa shape index (κ3) is 3.29. The van der Waals surface area contributed by atoms with Gasteiger partial charge in [0, 0.05) is 23.2 Å². The van der Waals surface area contributed by atoms with E-state index in [0.717, 1.165) is 12.1 Å². The first-order valence-electron chi connectivity index (χ1n) is 5.42. The molecule has 0 heterocycles. The number of rotatable bonds is 3. The molecule has 0 aliphatic rings. The number of phenols is 1. The van der Waals surface area contributed by atoms with E-state index < -0.39 is 33.7 Å². The molecule has 0 bridgehead atoms. The van der Waals surface area contributed by atoms with Crippen molar-refractivity contribution in [1.29, 1.82) is 0 Å². The van der Waals surface area contributed by atoms with Gasteiger partial charge in [-0.3, -0.25) is 10.1 Å². The number of nitro benzene ring substituents is 1. The van der Waals surface area contributed by atoms with Crippen molar-refractivity contribution < 1.29 is 18.8 Å². The highest BCUT2D eigenvalue weighted by molar-refractivity contribution is 6.30. The van der Waals surface area contributed by atoms with Crippen LogP contribution >= 0.6 is 11.6 Å². The molecule has 2 rings (SSSR count). The molecule has 0 spiro atoms. The SMILES string of the molecule is O=[N+]([O-])c1cc(Cl)ccc1N=Nc1cc(F)cc(F)c1O. The van der Waals surface area contributed by atoms with Gasteiger partial charge in [-0.2, -0.15) is 0 Å². The summed E-state index contributed by atoms with van der Waals surface area (Å²) in [6.07, 6.45) is 0. The number of nitro groups is 1. The lowest BCUT2D eigenvalue weighted by Crippen LogP contribution is -1.88. The van der Waals surface area contributed by atoms with Crippen LogP contribution in [-0.4, -0.2) is 10.0 Å². The van der Waals surface area contributed by atoms with Crippen molar-refractivity contribution in [3.63, 3.8) is 0 Å². The molecular weight excluding hydrogens is 308 g/mol. The van der Waals surface area contributed by atoms with E-state index >= 15 is 0 Å². The van der Waals surface area contributed by atoms with Gasteiger partial charge in [0.25, 0.3) is 5.69 Å². The maximum absolute atomic E-state index is 13.1. The Morgan fingerprint density at radius 3 is 2.48 bits per heavy atom. The minimum absolute atomic E-state index is 0.125. The second kappa shape index (κ2) is 5.80. The topological polar surface area (TPSA) is 88.1 Å². The van der Waals surface area contributed by atoms with Crippen LogP contribution in [0, 0.1) is 21.7 Å². The van der Waals surface area contributed by atoms with Crippen LogP contribution in [0.4, 0.5) is 25.8 Å². The van der Waals surface area contributed by atoms with Crippen LogP contribution in [0.15, 0.2) is 40.6 Å². The van der Waals surface area contributed by atoms with Gasteiger partial charge in [-0.05, 0) is 12.1 Å². The van der Waals surface area contributed by atoms with E-state index in [1.807, 2.05) is 0 Å². The molecule has 0 unspecified atom stereocenters. The van der Waals surface area contributed by atoms with E-state index in [2.05, 4.69) is 10.2 Å². The quantitative estimate of drug-likeness (QED) is 0.508. The molecule has 0 aliphatic heterocycles. The van der Waals surface area contributed by atoms with Gasteiger partial charge >= 0.3 is 0 Å². The molecule has 2 aromatic carbocycles. The predicted molar refractivity (Wildman–Crippen MR) is 70.3 cm³/mol. The van der Waals surface area contributed by atoms with E-state index in [1.165, 1.54) is 12.1 Å². The van der Waals surface area contributed by atoms with Crippen LogP contribution in [0.25, 0.3) is 0 Å². The molecule has 1 N–H and O–H groups in total. The second-order valence-electron chi connectivity index (χ2n) is 3.85. The van der Waals surface area contributed by atoms with Crippen LogP contribution in [-0.2, 0) is 0 Å². The fraction of sp³-hybridized carbons (Fsp3) is 0. The van der Waals surface area contributed by atoms with Crippen LogP contribution in [0.2, 0.25) is 5.02 Å². The van der Waals surface area contributed by atoms with Crippen molar-refractivity contribution in [2.75, 3.05) is 0 Å². The molecule has 0 atom stereocenters. The average Bonchev–Trinajstić information content (AvgIpc) is 2.42. The Balaban J connectivity index is 2.45. The van der Waals surface area contributed by atoms with Crippen molar-refractivity contribution in [2.24, 2.45) is 10.2 Å². The van der Waals surface area contributed by atoms with Gasteiger partial charge < -0.3 is 5.11 Å². The van der Waals surface area contributed by atoms with Crippen LogP contribution in [0.1, 0.15) is 0 Å². The number of phenolic OH excluding ortho intramolecular Hbond substituents is 1. The zero-order valence-corrected chi connectivity index (χ0v) is 10.9. The molecule has 0 aliphatic carbocycles. The summed E-state index contributed by atoms with van der Waals surface area (Å²) in [5, 5.41) is 27.3. The molecule has 6 nitrogen and oxygen atoms in total. The standard InChI is InChI=1S/C12H6ClF2N3O3/c13-6-1-2-9(11(3-6)18(20)21)16-17-10-5-7(14)4-8(15)12(10)19/h1-5,19H. The van der Waals surface area contributed by atoms with Crippen molar-refractivity contribution in [3.8, 4) is 5.75 Å². The summed E-state index contributed by atoms with van der Waals surface area (Å²) in [5.74, 6) is -3.09. The van der Waals surface area contributed by atoms with Crippen molar-refractivity contribution in [2.45, 2.75) is 0 Å². The first kappa shape index (κ1) is 14.8. The third-order valence-electron chi connectivity index (χ3n) is 2.41. The summed E-state index contributed by atoms with van der Waals surface area (Å²) < 4.78 is 26.1. The Kier molecular flexibility index (Phi) is 4.08. The van der Waals surface area contributed by atoms with Gasteiger partial charge in [-0.15, -0.1) is 10.2 Å². The highest BCUT2D eigenvalue weighted by Gasteiger charge is 2.15. The molecule has 0 fully saturated rings. The van der Waals surface area contributed by atoms with Crippen molar-refractivity contribution >= 4 is 28.7 Å². The highest BCUT2D eigenvalue weighted by atomic mass is 35.5. The third-order valence-corrected chi connectivity index (χ3v) is 2.64. The molecule has 0 aromatic heterocycles. The van der Waals surface area contributed by atoms with E-state index in [0.29, 0.717) is 6.07 Å². The van der Waals surface area contributed by atoms with E-state index in [1.54, 1.807) is 0 Å². The number of hydrogen-bond donors (Lipinski definition) is 1. The minimum Gasteiger partial charge on any atom is -0.503 e. The number of hydrogen-bond acceptors (Lipinski definition) is 5. The lowest BCUT2D eigenvalue weighted by Gasteiger charge is -2.00. The Labute approximate surface area is 121 Å². The van der Waals surface area contributed by atoms with Gasteiger partial charge in [0.05, 0.1) is 4.92 Å². The number of azo groups is 1. The highest BCUT2D eigenvalue weighted by Crippen LogP contribution is 2.35. The Morgan fingerprint density at radius 2 is 1.81 bits per heavy atom. The molecule has 2 aromatic rings. The summed E-state index contributed by atoms with van der Waals surface area (Å²) in [6.45, 7) is 0. The summed E-state index contributed by atoms with van der Waals surface area (Å²) in [7, 11) is 0. The molecule has 0 amide bonds. The van der Waals surface area contributed by atoms with Gasteiger partial charge in [0.15, 0.2) is 17.3 Å². The lowest BCUT2D eigenvalue weighted by molar-refractivity contribution is -0.384. The monoisotopic (exact) mass is 313 g/mol. The number of halogens is 3. The zero-order valence-electron chi connectivity index (χ0n) is 10.1. The number of benzene rings is 2. The smallest absolute Gasteiger partial charge is 0.298 e. The van der Waals surface area contributed by atoms with Gasteiger partial charge in [0.1, 0.15) is 11.5 Å². The first-order valence-corrected chi connectivity index (χ1v) is 5.80. The van der Waals surface area contributed by atoms with E-state index in [9.17, 15) is 24.0 Å². The predicted octanol–water partition coefficient (Wildman–Crippen LogP) is 4.65. The van der Waals surface area contributed by atoms with E-state index in [4.69, 9.17) is 11.6 Å². The zero-order chi connectivity index (χ0) is 15.6. The van der Waals surface area contributed by atoms with Gasteiger partial charge in [-0.25, -0.2) is 8.78 Å². The van der Waals surface area contributed by atoms with Gasteiger partial charge in [0.2, 0.25) is 0 Å². The first-order chi connectivity index (χ1) is 9.88. The molecule has 21 heavy (non-hydrogen) atoms.